The summed E-state index contributed by atoms with van der Waals surface area (Å²) in [7, 11) is 0. The van der Waals surface area contributed by atoms with Crippen LogP contribution in [0.2, 0.25) is 0 Å². The van der Waals surface area contributed by atoms with Gasteiger partial charge in [-0.05, 0) is 43.2 Å². The van der Waals surface area contributed by atoms with Crippen molar-refractivity contribution < 1.29 is 23.1 Å². The minimum absolute atomic E-state index is 0.0158. The normalized spacial score (nSPS) is 11.7. The first-order valence-electron chi connectivity index (χ1n) is 7.44. The maximum absolute atomic E-state index is 12.1. The lowest BCUT2D eigenvalue weighted by atomic mass is 10.1. The molecule has 0 aliphatic carbocycles. The van der Waals surface area contributed by atoms with Crippen LogP contribution in [0.25, 0.3) is 0 Å². The van der Waals surface area contributed by atoms with E-state index in [0.717, 1.165) is 5.56 Å². The molecule has 2 rings (SSSR count). The van der Waals surface area contributed by atoms with Crippen LogP contribution in [0.3, 0.4) is 0 Å². The van der Waals surface area contributed by atoms with Crippen molar-refractivity contribution in [3.8, 4) is 5.75 Å². The fourth-order valence-electron chi connectivity index (χ4n) is 2.06. The van der Waals surface area contributed by atoms with Gasteiger partial charge < -0.3 is 15.4 Å². The summed E-state index contributed by atoms with van der Waals surface area (Å²) in [5.41, 5.74) is 1.86. The van der Waals surface area contributed by atoms with Gasteiger partial charge in [0.25, 0.3) is 0 Å². The van der Waals surface area contributed by atoms with Crippen molar-refractivity contribution in [2.45, 2.75) is 26.5 Å². The summed E-state index contributed by atoms with van der Waals surface area (Å²) in [5, 5.41) is 5.02. The molecule has 0 spiro atoms. The second kappa shape index (κ2) is 8.18. The number of aromatic nitrogens is 1. The zero-order chi connectivity index (χ0) is 18.4. The molecule has 0 saturated heterocycles. The molecule has 1 heterocycles. The third-order valence-electron chi connectivity index (χ3n) is 3.45. The van der Waals surface area contributed by atoms with E-state index in [1.807, 2.05) is 0 Å². The zero-order valence-electron chi connectivity index (χ0n) is 13.6. The quantitative estimate of drug-likeness (QED) is 0.814. The van der Waals surface area contributed by atoms with Gasteiger partial charge in [-0.25, -0.2) is 0 Å². The third-order valence-corrected chi connectivity index (χ3v) is 3.45. The minimum Gasteiger partial charge on any atom is -0.435 e. The van der Waals surface area contributed by atoms with Gasteiger partial charge >= 0.3 is 18.4 Å². The smallest absolute Gasteiger partial charge is 0.387 e. The van der Waals surface area contributed by atoms with Crippen molar-refractivity contribution in [2.75, 3.05) is 5.32 Å². The highest BCUT2D eigenvalue weighted by molar-refractivity contribution is 6.39. The van der Waals surface area contributed by atoms with Crippen LogP contribution in [0.4, 0.5) is 14.5 Å². The van der Waals surface area contributed by atoms with Crippen molar-refractivity contribution in [3.63, 3.8) is 0 Å². The second-order valence-corrected chi connectivity index (χ2v) is 5.29. The Balaban J connectivity index is 1.95. The Morgan fingerprint density at radius 2 is 1.80 bits per heavy atom. The van der Waals surface area contributed by atoms with E-state index in [1.165, 1.54) is 30.5 Å². The Bertz CT molecular complexity index is 751. The largest absolute Gasteiger partial charge is 0.435 e. The van der Waals surface area contributed by atoms with E-state index in [9.17, 15) is 18.4 Å². The summed E-state index contributed by atoms with van der Waals surface area (Å²) in [6.45, 7) is 0.548. The summed E-state index contributed by atoms with van der Waals surface area (Å²) in [4.78, 5) is 27.8. The van der Waals surface area contributed by atoms with Crippen molar-refractivity contribution in [1.29, 1.82) is 0 Å². The average molecular weight is 349 g/mol. The molecule has 2 aromatic rings. The number of anilines is 1. The first-order chi connectivity index (χ1) is 11.9. The molecule has 2 amide bonds. The molecule has 0 saturated carbocycles. The van der Waals surface area contributed by atoms with Crippen LogP contribution in [-0.2, 0) is 9.59 Å². The number of amides is 2. The number of halogens is 2. The van der Waals surface area contributed by atoms with Gasteiger partial charge in [0.05, 0.1) is 17.9 Å². The van der Waals surface area contributed by atoms with Crippen molar-refractivity contribution in [3.05, 3.63) is 53.9 Å². The van der Waals surface area contributed by atoms with Gasteiger partial charge in [-0.15, -0.1) is 0 Å². The SMILES string of the molecule is Cc1ccncc1NC(=O)C(=O)NC(C)c1ccc(OC(F)F)cc1. The summed E-state index contributed by atoms with van der Waals surface area (Å²) in [6, 6.07) is 7.01. The van der Waals surface area contributed by atoms with Gasteiger partial charge in [0.2, 0.25) is 0 Å². The molecule has 1 aromatic heterocycles. The molecule has 0 radical (unpaired) electrons. The summed E-state index contributed by atoms with van der Waals surface area (Å²) >= 11 is 0. The van der Waals surface area contributed by atoms with Gasteiger partial charge in [0.15, 0.2) is 0 Å². The highest BCUT2D eigenvalue weighted by Crippen LogP contribution is 2.19. The number of benzene rings is 1. The molecular formula is C17H17F2N3O3. The zero-order valence-corrected chi connectivity index (χ0v) is 13.6. The highest BCUT2D eigenvalue weighted by atomic mass is 19.3. The first-order valence-corrected chi connectivity index (χ1v) is 7.44. The lowest BCUT2D eigenvalue weighted by Gasteiger charge is -2.15. The molecule has 25 heavy (non-hydrogen) atoms. The monoisotopic (exact) mass is 349 g/mol. The number of carbonyl (C=O) groups excluding carboxylic acids is 2. The molecule has 132 valence electrons. The predicted octanol–water partition coefficient (Wildman–Crippen LogP) is 2.81. The van der Waals surface area contributed by atoms with Gasteiger partial charge in [0, 0.05) is 6.20 Å². The molecule has 0 fully saturated rings. The van der Waals surface area contributed by atoms with Crippen molar-refractivity contribution >= 4 is 17.5 Å². The van der Waals surface area contributed by atoms with Crippen LogP contribution in [0.5, 0.6) is 5.75 Å². The van der Waals surface area contributed by atoms with Gasteiger partial charge in [-0.3, -0.25) is 14.6 Å². The second-order valence-electron chi connectivity index (χ2n) is 5.29. The summed E-state index contributed by atoms with van der Waals surface area (Å²) in [5.74, 6) is -1.62. The molecular weight excluding hydrogens is 332 g/mol. The highest BCUT2D eigenvalue weighted by Gasteiger charge is 2.18. The molecule has 1 atom stereocenters. The summed E-state index contributed by atoms with van der Waals surface area (Å²) in [6.07, 6.45) is 3.03. The first kappa shape index (κ1) is 18.3. The fourth-order valence-corrected chi connectivity index (χ4v) is 2.06. The molecule has 8 heteroatoms. The van der Waals surface area contributed by atoms with Crippen LogP contribution in [0.1, 0.15) is 24.1 Å². The Labute approximate surface area is 143 Å². The lowest BCUT2D eigenvalue weighted by molar-refractivity contribution is -0.136. The molecule has 0 bridgehead atoms. The molecule has 6 nitrogen and oxygen atoms in total. The number of nitrogens with zero attached hydrogens (tertiary/aromatic N) is 1. The van der Waals surface area contributed by atoms with Gasteiger partial charge in [-0.1, -0.05) is 12.1 Å². The van der Waals surface area contributed by atoms with E-state index in [-0.39, 0.29) is 5.75 Å². The number of ether oxygens (including phenoxy) is 1. The van der Waals surface area contributed by atoms with E-state index in [0.29, 0.717) is 11.3 Å². The number of pyridine rings is 1. The van der Waals surface area contributed by atoms with Crippen molar-refractivity contribution in [1.82, 2.24) is 10.3 Å². The van der Waals surface area contributed by atoms with Crippen LogP contribution < -0.4 is 15.4 Å². The molecule has 1 aromatic carbocycles. The Kier molecular flexibility index (Phi) is 5.99. The summed E-state index contributed by atoms with van der Waals surface area (Å²) < 4.78 is 28.5. The number of aryl methyl sites for hydroxylation is 1. The number of carbonyl (C=O) groups is 2. The van der Waals surface area contributed by atoms with E-state index >= 15 is 0 Å². The third kappa shape index (κ3) is 5.23. The minimum atomic E-state index is -2.90. The molecule has 0 aliphatic heterocycles. The predicted molar refractivity (Wildman–Crippen MR) is 87.2 cm³/mol. The van der Waals surface area contributed by atoms with Crippen LogP contribution >= 0.6 is 0 Å². The van der Waals surface area contributed by atoms with Gasteiger partial charge in [0.1, 0.15) is 5.75 Å². The van der Waals surface area contributed by atoms with Gasteiger partial charge in [-0.2, -0.15) is 8.78 Å². The Hall–Kier alpha value is -3.03. The number of hydrogen-bond acceptors (Lipinski definition) is 4. The van der Waals surface area contributed by atoms with E-state index in [1.54, 1.807) is 26.1 Å². The number of alkyl halides is 2. The van der Waals surface area contributed by atoms with Crippen LogP contribution in [0.15, 0.2) is 42.7 Å². The van der Waals surface area contributed by atoms with E-state index < -0.39 is 24.5 Å². The van der Waals surface area contributed by atoms with E-state index in [4.69, 9.17) is 0 Å². The topological polar surface area (TPSA) is 80.3 Å². The fraction of sp³-hybridized carbons (Fsp3) is 0.235. The Morgan fingerprint density at radius 3 is 2.40 bits per heavy atom. The number of rotatable bonds is 5. The molecule has 2 N–H and O–H groups in total. The van der Waals surface area contributed by atoms with Crippen LogP contribution in [-0.4, -0.2) is 23.4 Å². The standard InChI is InChI=1S/C17H17F2N3O3/c1-10-7-8-20-9-14(10)22-16(24)15(23)21-11(2)12-3-5-13(6-4-12)25-17(18)19/h3-9,11,17H,1-2H3,(H,21,23)(H,22,24). The average Bonchev–Trinajstić information content (AvgIpc) is 2.56. The number of hydrogen-bond donors (Lipinski definition) is 2. The Morgan fingerprint density at radius 1 is 1.12 bits per heavy atom. The maximum atomic E-state index is 12.1. The molecule has 0 aliphatic rings. The van der Waals surface area contributed by atoms with Crippen LogP contribution in [0, 0.1) is 6.92 Å². The van der Waals surface area contributed by atoms with Crippen molar-refractivity contribution in [2.24, 2.45) is 0 Å². The number of nitrogens with one attached hydrogen (secondary N) is 2. The molecule has 1 unspecified atom stereocenters. The lowest BCUT2D eigenvalue weighted by Crippen LogP contribution is -2.37. The van der Waals surface area contributed by atoms with E-state index in [2.05, 4.69) is 20.4 Å². The maximum Gasteiger partial charge on any atom is 0.387 e.